The van der Waals surface area contributed by atoms with Gasteiger partial charge in [-0.3, -0.25) is 0 Å². The Morgan fingerprint density at radius 1 is 1.64 bits per heavy atom. The van der Waals surface area contributed by atoms with Gasteiger partial charge in [0.1, 0.15) is 11.5 Å². The molecular weight excluding hydrogens is 184 g/mol. The van der Waals surface area contributed by atoms with Gasteiger partial charge in [-0.25, -0.2) is 4.79 Å². The maximum Gasteiger partial charge on any atom is 0.340 e. The number of carboxylic acids is 1. The molecule has 1 aliphatic rings. The van der Waals surface area contributed by atoms with Crippen molar-refractivity contribution in [2.75, 3.05) is 0 Å². The number of carbonyl (C=O) groups is 1. The number of hydrogen-bond acceptors (Lipinski definition) is 3. The monoisotopic (exact) mass is 196 g/mol. The Hall–Kier alpha value is -1.29. The number of aryl methyl sites for hydroxylation is 2. The Morgan fingerprint density at radius 3 is 3.00 bits per heavy atom. The maximum absolute atomic E-state index is 11.0. The fourth-order valence-corrected chi connectivity index (χ4v) is 1.96. The highest BCUT2D eigenvalue weighted by atomic mass is 16.4. The third-order valence-electron chi connectivity index (χ3n) is 2.67. The van der Waals surface area contributed by atoms with Gasteiger partial charge >= 0.3 is 5.97 Å². The van der Waals surface area contributed by atoms with Crippen molar-refractivity contribution in [1.82, 2.24) is 0 Å². The van der Waals surface area contributed by atoms with Crippen LogP contribution in [0.15, 0.2) is 10.5 Å². The molecule has 2 N–H and O–H groups in total. The highest BCUT2D eigenvalue weighted by Gasteiger charge is 2.43. The molecule has 76 valence electrons. The van der Waals surface area contributed by atoms with Gasteiger partial charge in [0.05, 0.1) is 0 Å². The molecule has 0 saturated carbocycles. The van der Waals surface area contributed by atoms with Gasteiger partial charge in [-0.05, 0) is 25.8 Å². The minimum absolute atomic E-state index is 0.258. The molecular formula is C10H12O4. The van der Waals surface area contributed by atoms with Gasteiger partial charge in [-0.15, -0.1) is 0 Å². The van der Waals surface area contributed by atoms with Crippen LogP contribution in [0.5, 0.6) is 0 Å². The van der Waals surface area contributed by atoms with E-state index in [4.69, 9.17) is 9.52 Å². The normalized spacial score (nSPS) is 25.9. The number of rotatable bonds is 1. The Labute approximate surface area is 81.2 Å². The van der Waals surface area contributed by atoms with Crippen molar-refractivity contribution in [3.8, 4) is 0 Å². The molecule has 0 bridgehead atoms. The highest BCUT2D eigenvalue weighted by Crippen LogP contribution is 2.37. The number of furan rings is 1. The second-order valence-corrected chi connectivity index (χ2v) is 3.71. The quantitative estimate of drug-likeness (QED) is 0.707. The Balaban J connectivity index is 2.54. The van der Waals surface area contributed by atoms with Crippen LogP contribution in [0, 0.1) is 6.92 Å². The summed E-state index contributed by atoms with van der Waals surface area (Å²) in [4.78, 5) is 11.0. The SMILES string of the molecule is Cc1cc2c(o1)CCCC2(O)C(=O)O. The zero-order chi connectivity index (χ0) is 10.3. The largest absolute Gasteiger partial charge is 0.479 e. The van der Waals surface area contributed by atoms with Crippen molar-refractivity contribution in [3.63, 3.8) is 0 Å². The summed E-state index contributed by atoms with van der Waals surface area (Å²) in [5.41, 5.74) is -1.32. The van der Waals surface area contributed by atoms with Crippen LogP contribution in [0.4, 0.5) is 0 Å². The predicted octanol–water partition coefficient (Wildman–Crippen LogP) is 1.20. The van der Waals surface area contributed by atoms with Gasteiger partial charge in [0.2, 0.25) is 0 Å². The Morgan fingerprint density at radius 2 is 2.36 bits per heavy atom. The first kappa shape index (κ1) is 9.27. The van der Waals surface area contributed by atoms with Gasteiger partial charge < -0.3 is 14.6 Å². The van der Waals surface area contributed by atoms with E-state index in [0.29, 0.717) is 29.9 Å². The summed E-state index contributed by atoms with van der Waals surface area (Å²) < 4.78 is 5.33. The molecule has 0 saturated heterocycles. The van der Waals surface area contributed by atoms with Crippen molar-refractivity contribution < 1.29 is 19.4 Å². The zero-order valence-corrected chi connectivity index (χ0v) is 7.91. The van der Waals surface area contributed by atoms with E-state index in [9.17, 15) is 9.90 Å². The molecule has 1 aromatic rings. The van der Waals surface area contributed by atoms with Crippen LogP contribution in [0.3, 0.4) is 0 Å². The molecule has 1 atom stereocenters. The topological polar surface area (TPSA) is 70.7 Å². The Kier molecular flexibility index (Phi) is 1.89. The van der Waals surface area contributed by atoms with Crippen molar-refractivity contribution >= 4 is 5.97 Å². The van der Waals surface area contributed by atoms with Gasteiger partial charge in [-0.1, -0.05) is 0 Å². The van der Waals surface area contributed by atoms with Crippen LogP contribution in [-0.2, 0) is 16.8 Å². The summed E-state index contributed by atoms with van der Waals surface area (Å²) in [6.07, 6.45) is 1.61. The second kappa shape index (κ2) is 2.85. The zero-order valence-electron chi connectivity index (χ0n) is 7.91. The van der Waals surface area contributed by atoms with Gasteiger partial charge in [0.15, 0.2) is 5.60 Å². The summed E-state index contributed by atoms with van der Waals surface area (Å²) >= 11 is 0. The summed E-state index contributed by atoms with van der Waals surface area (Å²) in [6.45, 7) is 1.75. The van der Waals surface area contributed by atoms with E-state index in [-0.39, 0.29) is 6.42 Å². The molecule has 2 rings (SSSR count). The minimum atomic E-state index is -1.74. The van der Waals surface area contributed by atoms with E-state index in [1.54, 1.807) is 13.0 Å². The molecule has 1 aliphatic carbocycles. The van der Waals surface area contributed by atoms with Crippen LogP contribution in [0.1, 0.15) is 29.9 Å². The van der Waals surface area contributed by atoms with Gasteiger partial charge in [0, 0.05) is 12.0 Å². The van der Waals surface area contributed by atoms with Crippen LogP contribution < -0.4 is 0 Å². The minimum Gasteiger partial charge on any atom is -0.479 e. The third-order valence-corrected chi connectivity index (χ3v) is 2.67. The first-order chi connectivity index (χ1) is 6.54. The first-order valence-corrected chi connectivity index (χ1v) is 4.59. The first-order valence-electron chi connectivity index (χ1n) is 4.59. The molecule has 1 aromatic heterocycles. The summed E-state index contributed by atoms with van der Waals surface area (Å²) in [5, 5.41) is 18.9. The van der Waals surface area contributed by atoms with Gasteiger partial charge in [-0.2, -0.15) is 0 Å². The molecule has 1 unspecified atom stereocenters. The molecule has 0 spiro atoms. The van der Waals surface area contributed by atoms with Gasteiger partial charge in [0.25, 0.3) is 0 Å². The van der Waals surface area contributed by atoms with Crippen molar-refractivity contribution in [2.45, 2.75) is 31.8 Å². The molecule has 0 fully saturated rings. The molecule has 14 heavy (non-hydrogen) atoms. The molecule has 1 heterocycles. The fraction of sp³-hybridized carbons (Fsp3) is 0.500. The third kappa shape index (κ3) is 1.14. The maximum atomic E-state index is 11.0. The average molecular weight is 196 g/mol. The van der Waals surface area contributed by atoms with E-state index in [1.165, 1.54) is 0 Å². The van der Waals surface area contributed by atoms with Crippen LogP contribution in [-0.4, -0.2) is 16.2 Å². The van der Waals surface area contributed by atoms with E-state index < -0.39 is 11.6 Å². The molecule has 0 aliphatic heterocycles. The highest BCUT2D eigenvalue weighted by molar-refractivity contribution is 5.79. The van der Waals surface area contributed by atoms with E-state index >= 15 is 0 Å². The van der Waals surface area contributed by atoms with Crippen molar-refractivity contribution in [2.24, 2.45) is 0 Å². The lowest BCUT2D eigenvalue weighted by molar-refractivity contribution is -0.161. The van der Waals surface area contributed by atoms with E-state index in [1.807, 2.05) is 0 Å². The van der Waals surface area contributed by atoms with E-state index in [0.717, 1.165) is 0 Å². The Bertz CT molecular complexity index is 379. The number of hydrogen-bond donors (Lipinski definition) is 2. The predicted molar refractivity (Wildman–Crippen MR) is 47.9 cm³/mol. The van der Waals surface area contributed by atoms with Crippen LogP contribution in [0.2, 0.25) is 0 Å². The van der Waals surface area contributed by atoms with Crippen molar-refractivity contribution in [3.05, 3.63) is 23.2 Å². The standard InChI is InChI=1S/C10H12O4/c1-6-5-7-8(14-6)3-2-4-10(7,13)9(11)12/h5,13H,2-4H2,1H3,(H,11,12). The van der Waals surface area contributed by atoms with E-state index in [2.05, 4.69) is 0 Å². The van der Waals surface area contributed by atoms with Crippen molar-refractivity contribution in [1.29, 1.82) is 0 Å². The molecule has 0 aromatic carbocycles. The lowest BCUT2D eigenvalue weighted by Gasteiger charge is -2.26. The lowest BCUT2D eigenvalue weighted by Crippen LogP contribution is -2.38. The molecule has 0 radical (unpaired) electrons. The smallest absolute Gasteiger partial charge is 0.340 e. The fourth-order valence-electron chi connectivity index (χ4n) is 1.96. The summed E-state index contributed by atoms with van der Waals surface area (Å²) in [7, 11) is 0. The second-order valence-electron chi connectivity index (χ2n) is 3.71. The van der Waals surface area contributed by atoms with Crippen LogP contribution in [0.25, 0.3) is 0 Å². The molecule has 0 amide bonds. The number of carboxylic acid groups (broad SMARTS) is 1. The number of aliphatic carboxylic acids is 1. The lowest BCUT2D eigenvalue weighted by atomic mass is 9.83. The number of fused-ring (bicyclic) bond motifs is 1. The summed E-state index contributed by atoms with van der Waals surface area (Å²) in [5.74, 6) is 0.0643. The average Bonchev–Trinajstić information content (AvgIpc) is 2.47. The molecule has 4 heteroatoms. The number of aliphatic hydroxyl groups is 1. The summed E-state index contributed by atoms with van der Waals surface area (Å²) in [6, 6.07) is 1.61. The molecule has 4 nitrogen and oxygen atoms in total. The van der Waals surface area contributed by atoms with Crippen LogP contribution >= 0.6 is 0 Å².